The third kappa shape index (κ3) is 6.15. The molecule has 1 rings (SSSR count). The van der Waals surface area contributed by atoms with Gasteiger partial charge in [-0.1, -0.05) is 35.5 Å². The van der Waals surface area contributed by atoms with Gasteiger partial charge in [-0.2, -0.15) is 4.99 Å². The molecular weight excluding hydrogens is 332 g/mol. The number of halogens is 1. The highest BCUT2D eigenvalue weighted by Gasteiger charge is 2.15. The monoisotopic (exact) mass is 344 g/mol. The molecule has 22 heavy (non-hydrogen) atoms. The summed E-state index contributed by atoms with van der Waals surface area (Å²) in [6.45, 7) is 1.76. The number of Topliss-reactive ketones (excluding diaryl/α,β-unsaturated/α-hetero) is 1. The quantitative estimate of drug-likeness (QED) is 0.480. The van der Waals surface area contributed by atoms with E-state index in [9.17, 15) is 14.4 Å². The van der Waals surface area contributed by atoms with E-state index in [-0.39, 0.29) is 17.5 Å². The molecule has 0 atom stereocenters. The van der Waals surface area contributed by atoms with E-state index in [0.29, 0.717) is 10.7 Å². The SMILES string of the molecule is CCOC(=O)N=C(Nc1ccccc1Cl)SCC(=O)C(=O)O. The number of hydrogen-bond donors (Lipinski definition) is 2. The van der Waals surface area contributed by atoms with Crippen LogP contribution in [0.4, 0.5) is 10.5 Å². The highest BCUT2D eigenvalue weighted by atomic mass is 35.5. The van der Waals surface area contributed by atoms with E-state index in [0.717, 1.165) is 11.8 Å². The summed E-state index contributed by atoms with van der Waals surface area (Å²) in [6.07, 6.45) is -0.854. The van der Waals surface area contributed by atoms with Gasteiger partial charge in [0.1, 0.15) is 0 Å². The molecule has 0 radical (unpaired) electrons. The van der Waals surface area contributed by atoms with E-state index in [2.05, 4.69) is 15.0 Å². The average molecular weight is 345 g/mol. The van der Waals surface area contributed by atoms with Gasteiger partial charge in [0, 0.05) is 0 Å². The Balaban J connectivity index is 2.86. The summed E-state index contributed by atoms with van der Waals surface area (Å²) in [5, 5.41) is 11.7. The molecule has 0 unspecified atom stereocenters. The number of amidine groups is 1. The Kier molecular flexibility index (Phi) is 7.41. The molecule has 9 heteroatoms. The molecule has 1 aromatic carbocycles. The minimum atomic E-state index is -1.55. The first kappa shape index (κ1) is 18.0. The van der Waals surface area contributed by atoms with Gasteiger partial charge in [0.2, 0.25) is 5.78 Å². The Bertz CT molecular complexity index is 606. The number of benzene rings is 1. The third-order valence-corrected chi connectivity index (χ3v) is 3.36. The van der Waals surface area contributed by atoms with Crippen molar-refractivity contribution in [3.8, 4) is 0 Å². The van der Waals surface area contributed by atoms with Crippen LogP contribution < -0.4 is 5.32 Å². The molecule has 0 fully saturated rings. The Morgan fingerprint density at radius 2 is 2.05 bits per heavy atom. The van der Waals surface area contributed by atoms with Gasteiger partial charge in [-0.25, -0.2) is 9.59 Å². The summed E-state index contributed by atoms with van der Waals surface area (Å²) in [6, 6.07) is 6.70. The fourth-order valence-corrected chi connectivity index (χ4v) is 2.10. The lowest BCUT2D eigenvalue weighted by Gasteiger charge is -2.09. The lowest BCUT2D eigenvalue weighted by molar-refractivity contribution is -0.147. The first-order chi connectivity index (χ1) is 10.4. The number of carbonyl (C=O) groups is 3. The van der Waals surface area contributed by atoms with E-state index in [1.165, 1.54) is 0 Å². The van der Waals surface area contributed by atoms with E-state index < -0.39 is 17.8 Å². The standard InChI is InChI=1S/C13H13ClN2O5S/c1-2-21-13(20)16-12(22-7-10(17)11(18)19)15-9-6-4-3-5-8(9)14/h3-6H,2,7H2,1H3,(H,18,19)(H,15,16,20). The van der Waals surface area contributed by atoms with Crippen LogP contribution in [0.1, 0.15) is 6.92 Å². The van der Waals surface area contributed by atoms with E-state index in [4.69, 9.17) is 16.7 Å². The molecule has 0 aliphatic heterocycles. The highest BCUT2D eigenvalue weighted by Crippen LogP contribution is 2.22. The number of thioether (sulfide) groups is 1. The number of anilines is 1. The van der Waals surface area contributed by atoms with Crippen LogP contribution in [0, 0.1) is 0 Å². The summed E-state index contributed by atoms with van der Waals surface area (Å²) >= 11 is 6.74. The van der Waals surface area contributed by atoms with Crippen molar-refractivity contribution in [2.75, 3.05) is 17.7 Å². The molecule has 0 saturated carbocycles. The predicted octanol–water partition coefficient (Wildman–Crippen LogP) is 2.65. The summed E-state index contributed by atoms with van der Waals surface area (Å²) in [5.41, 5.74) is 0.461. The Hall–Kier alpha value is -2.06. The molecule has 0 aromatic heterocycles. The molecule has 0 aliphatic carbocycles. The fraction of sp³-hybridized carbons (Fsp3) is 0.231. The molecular formula is C13H13ClN2O5S. The van der Waals surface area contributed by atoms with Crippen LogP contribution in [-0.2, 0) is 14.3 Å². The maximum Gasteiger partial charge on any atom is 0.436 e. The topological polar surface area (TPSA) is 105 Å². The maximum absolute atomic E-state index is 11.4. The van der Waals surface area contributed by atoms with Crippen molar-refractivity contribution in [2.24, 2.45) is 4.99 Å². The van der Waals surface area contributed by atoms with Crippen molar-refractivity contribution >= 4 is 52.1 Å². The van der Waals surface area contributed by atoms with Crippen LogP contribution >= 0.6 is 23.4 Å². The van der Waals surface area contributed by atoms with Crippen LogP contribution in [0.15, 0.2) is 29.3 Å². The number of amides is 1. The Morgan fingerprint density at radius 3 is 2.64 bits per heavy atom. The number of nitrogens with one attached hydrogen (secondary N) is 1. The van der Waals surface area contributed by atoms with Crippen LogP contribution in [0.2, 0.25) is 5.02 Å². The van der Waals surface area contributed by atoms with Gasteiger partial charge in [0.15, 0.2) is 5.17 Å². The number of ether oxygens (including phenoxy) is 1. The zero-order valence-electron chi connectivity index (χ0n) is 11.5. The predicted molar refractivity (Wildman–Crippen MR) is 84.6 cm³/mol. The largest absolute Gasteiger partial charge is 0.475 e. The third-order valence-electron chi connectivity index (χ3n) is 2.15. The van der Waals surface area contributed by atoms with Crippen LogP contribution in [0.3, 0.4) is 0 Å². The van der Waals surface area contributed by atoms with Crippen molar-refractivity contribution < 1.29 is 24.2 Å². The first-order valence-corrected chi connectivity index (χ1v) is 7.46. The highest BCUT2D eigenvalue weighted by molar-refractivity contribution is 8.14. The van der Waals surface area contributed by atoms with E-state index in [1.54, 1.807) is 31.2 Å². The van der Waals surface area contributed by atoms with Crippen molar-refractivity contribution in [1.29, 1.82) is 0 Å². The van der Waals surface area contributed by atoms with E-state index >= 15 is 0 Å². The van der Waals surface area contributed by atoms with Gasteiger partial charge >= 0.3 is 12.1 Å². The number of carboxylic acids is 1. The normalized spacial score (nSPS) is 10.9. The number of hydrogen-bond acceptors (Lipinski definition) is 5. The van der Waals surface area contributed by atoms with E-state index in [1.807, 2.05) is 0 Å². The number of carboxylic acid groups (broad SMARTS) is 1. The average Bonchev–Trinajstić information content (AvgIpc) is 2.46. The van der Waals surface area contributed by atoms with Crippen LogP contribution in [-0.4, -0.2) is 40.5 Å². The number of nitrogens with zero attached hydrogens (tertiary/aromatic N) is 1. The Morgan fingerprint density at radius 1 is 1.36 bits per heavy atom. The second-order valence-corrected chi connectivity index (χ2v) is 5.11. The van der Waals surface area contributed by atoms with Crippen LogP contribution in [0.25, 0.3) is 0 Å². The minimum Gasteiger partial charge on any atom is -0.475 e. The molecule has 0 saturated heterocycles. The van der Waals surface area contributed by atoms with Gasteiger partial charge < -0.3 is 15.2 Å². The maximum atomic E-state index is 11.4. The smallest absolute Gasteiger partial charge is 0.436 e. The Labute approximate surface area is 135 Å². The summed E-state index contributed by atoms with van der Waals surface area (Å²) in [4.78, 5) is 36.7. The van der Waals surface area contributed by atoms with Gasteiger partial charge in [0.05, 0.1) is 23.1 Å². The summed E-state index contributed by atoms with van der Waals surface area (Å²) in [5.74, 6) is -2.95. The summed E-state index contributed by atoms with van der Waals surface area (Å²) in [7, 11) is 0. The molecule has 0 aliphatic rings. The minimum absolute atomic E-state index is 0.0150. The van der Waals surface area contributed by atoms with Crippen molar-refractivity contribution in [3.63, 3.8) is 0 Å². The number of rotatable bonds is 5. The van der Waals surface area contributed by atoms with Gasteiger partial charge in [0.25, 0.3) is 0 Å². The molecule has 118 valence electrons. The molecule has 0 heterocycles. The number of para-hydroxylation sites is 1. The number of carbonyl (C=O) groups excluding carboxylic acids is 2. The summed E-state index contributed by atoms with van der Waals surface area (Å²) < 4.78 is 4.68. The zero-order chi connectivity index (χ0) is 16.5. The zero-order valence-corrected chi connectivity index (χ0v) is 13.1. The lowest BCUT2D eigenvalue weighted by atomic mass is 10.3. The molecule has 1 amide bonds. The van der Waals surface area contributed by atoms with Crippen LogP contribution in [0.5, 0.6) is 0 Å². The number of ketones is 1. The molecule has 7 nitrogen and oxygen atoms in total. The number of aliphatic carboxylic acids is 1. The fourth-order valence-electron chi connectivity index (χ4n) is 1.21. The van der Waals surface area contributed by atoms with Gasteiger partial charge in [-0.15, -0.1) is 0 Å². The van der Waals surface area contributed by atoms with Gasteiger partial charge in [-0.3, -0.25) is 4.79 Å². The molecule has 0 spiro atoms. The van der Waals surface area contributed by atoms with Crippen molar-refractivity contribution in [1.82, 2.24) is 0 Å². The molecule has 2 N–H and O–H groups in total. The molecule has 0 bridgehead atoms. The van der Waals surface area contributed by atoms with Crippen molar-refractivity contribution in [3.05, 3.63) is 29.3 Å². The van der Waals surface area contributed by atoms with Gasteiger partial charge in [-0.05, 0) is 19.1 Å². The number of aliphatic imine (C=N–C) groups is 1. The second kappa shape index (κ2) is 9.06. The first-order valence-electron chi connectivity index (χ1n) is 6.10. The lowest BCUT2D eigenvalue weighted by Crippen LogP contribution is -2.19. The second-order valence-electron chi connectivity index (χ2n) is 3.74. The van der Waals surface area contributed by atoms with Crippen molar-refractivity contribution in [2.45, 2.75) is 6.92 Å². The molecule has 1 aromatic rings.